The smallest absolute Gasteiger partial charge is 0.332 e. The molecule has 0 spiro atoms. The van der Waals surface area contributed by atoms with Gasteiger partial charge < -0.3 is 24.0 Å². The van der Waals surface area contributed by atoms with E-state index in [0.29, 0.717) is 0 Å². The molecule has 0 saturated carbocycles. The summed E-state index contributed by atoms with van der Waals surface area (Å²) >= 11 is 2.15. The van der Waals surface area contributed by atoms with E-state index in [2.05, 4.69) is 42.5 Å². The molecule has 0 fully saturated rings. The Labute approximate surface area is 112 Å². The molecule has 0 aliphatic heterocycles. The molecule has 0 aliphatic carbocycles. The van der Waals surface area contributed by atoms with Gasteiger partial charge >= 0.3 is 5.82 Å². The van der Waals surface area contributed by atoms with Gasteiger partial charge in [0.2, 0.25) is 0 Å². The molecule has 0 radical (unpaired) electrons. The lowest BCUT2D eigenvalue weighted by Crippen LogP contribution is -3.00. The number of rotatable bonds is 1. The molecule has 0 saturated heterocycles. The summed E-state index contributed by atoms with van der Waals surface area (Å²) in [5.74, 6) is 0.785. The van der Waals surface area contributed by atoms with Crippen LogP contribution in [0.25, 0.3) is 11.4 Å². The zero-order valence-corrected chi connectivity index (χ0v) is 11.3. The monoisotopic (exact) mass is 412 g/mol. The van der Waals surface area contributed by atoms with Gasteiger partial charge in [0.1, 0.15) is 21.8 Å². The fourth-order valence-corrected chi connectivity index (χ4v) is 1.47. The third-order valence-corrected chi connectivity index (χ3v) is 2.38. The molecule has 4 nitrogen and oxygen atoms in total. The van der Waals surface area contributed by atoms with E-state index in [1.165, 1.54) is 6.33 Å². The van der Waals surface area contributed by atoms with Crippen LogP contribution in [0, 0.1) is 3.70 Å². The molecule has 0 aliphatic rings. The van der Waals surface area contributed by atoms with Crippen molar-refractivity contribution in [3.63, 3.8) is 0 Å². The van der Waals surface area contributed by atoms with E-state index in [9.17, 15) is 0 Å². The minimum atomic E-state index is 0. The van der Waals surface area contributed by atoms with Crippen LogP contribution in [0.4, 0.5) is 0 Å². The van der Waals surface area contributed by atoms with Crippen LogP contribution in [0.1, 0.15) is 0 Å². The van der Waals surface area contributed by atoms with E-state index in [0.717, 1.165) is 15.1 Å². The van der Waals surface area contributed by atoms with Crippen LogP contribution in [-0.4, -0.2) is 15.0 Å². The minimum Gasteiger partial charge on any atom is -1.00 e. The lowest BCUT2D eigenvalue weighted by atomic mass is 10.3. The molecule has 14 heavy (non-hydrogen) atoms. The van der Waals surface area contributed by atoms with Crippen LogP contribution in [0.2, 0.25) is 0 Å². The van der Waals surface area contributed by atoms with Crippen molar-refractivity contribution in [1.29, 1.82) is 0 Å². The first-order valence-corrected chi connectivity index (χ1v) is 4.74. The molecule has 2 rings (SSSR count). The van der Waals surface area contributed by atoms with Crippen LogP contribution < -0.4 is 29.0 Å². The fourth-order valence-electron chi connectivity index (χ4n) is 0.946. The number of halogens is 2. The summed E-state index contributed by atoms with van der Waals surface area (Å²) in [5, 5.41) is 0. The molecule has 0 bridgehead atoms. The lowest BCUT2D eigenvalue weighted by Gasteiger charge is -1.93. The molecule has 2 aromatic heterocycles. The predicted octanol–water partition coefficient (Wildman–Crippen LogP) is -2.04. The lowest BCUT2D eigenvalue weighted by molar-refractivity contribution is -0.369. The number of aromatic amines is 1. The van der Waals surface area contributed by atoms with E-state index in [1.54, 1.807) is 12.4 Å². The average Bonchev–Trinajstić information content (AvgIpc) is 2.20. The van der Waals surface area contributed by atoms with Crippen molar-refractivity contribution in [3.8, 4) is 11.4 Å². The third-order valence-electron chi connectivity index (χ3n) is 1.52. The molecule has 1 N–H and O–H groups in total. The van der Waals surface area contributed by atoms with Gasteiger partial charge in [0, 0.05) is 12.3 Å². The first-order valence-electron chi connectivity index (χ1n) is 3.66. The second-order valence-corrected chi connectivity index (χ2v) is 3.38. The number of nitrogens with zero attached hydrogens (tertiary/aromatic N) is 3. The summed E-state index contributed by atoms with van der Waals surface area (Å²) in [6.45, 7) is 0. The average molecular weight is 412 g/mol. The van der Waals surface area contributed by atoms with E-state index < -0.39 is 0 Å². The Balaban J connectivity index is 0.000000980. The van der Waals surface area contributed by atoms with E-state index in [-0.39, 0.29) is 24.0 Å². The van der Waals surface area contributed by atoms with Crippen molar-refractivity contribution in [1.82, 2.24) is 15.0 Å². The number of nitrogens with one attached hydrogen (secondary N) is 1. The maximum absolute atomic E-state index is 4.17. The van der Waals surface area contributed by atoms with Crippen molar-refractivity contribution in [2.45, 2.75) is 0 Å². The van der Waals surface area contributed by atoms with Gasteiger partial charge in [-0.1, -0.05) is 0 Å². The Morgan fingerprint density at radius 1 is 1.29 bits per heavy atom. The first-order chi connectivity index (χ1) is 6.38. The maximum Gasteiger partial charge on any atom is 0.332 e. The summed E-state index contributed by atoms with van der Waals surface area (Å²) < 4.78 is 0.891. The zero-order chi connectivity index (χ0) is 9.10. The van der Waals surface area contributed by atoms with Crippen molar-refractivity contribution < 1.29 is 29.0 Å². The van der Waals surface area contributed by atoms with Crippen LogP contribution >= 0.6 is 22.6 Å². The number of hydrogen-bond acceptors (Lipinski definition) is 3. The highest BCUT2D eigenvalue weighted by atomic mass is 127. The van der Waals surface area contributed by atoms with Crippen molar-refractivity contribution in [2.75, 3.05) is 0 Å². The zero-order valence-electron chi connectivity index (χ0n) is 6.98. The van der Waals surface area contributed by atoms with Gasteiger partial charge in [0.05, 0.1) is 6.20 Å². The molecule has 72 valence electrons. The van der Waals surface area contributed by atoms with Crippen molar-refractivity contribution in [3.05, 3.63) is 34.7 Å². The summed E-state index contributed by atoms with van der Waals surface area (Å²) in [7, 11) is 0. The highest BCUT2D eigenvalue weighted by molar-refractivity contribution is 14.1. The van der Waals surface area contributed by atoms with Crippen LogP contribution in [0.5, 0.6) is 0 Å². The number of hydrogen-bond donors (Lipinski definition) is 0. The highest BCUT2D eigenvalue weighted by Gasteiger charge is 2.11. The SMILES string of the molecule is Ic1ncncc1-c1nccc[nH+]1.[I-]. The Hall–Kier alpha value is -0.380. The Kier molecular flexibility index (Phi) is 4.58. The molecule has 0 atom stereocenters. The fraction of sp³-hybridized carbons (Fsp3) is 0. The summed E-state index contributed by atoms with van der Waals surface area (Å²) in [5.41, 5.74) is 0.920. The van der Waals surface area contributed by atoms with Gasteiger partial charge in [0.15, 0.2) is 0 Å². The Morgan fingerprint density at radius 3 is 2.79 bits per heavy atom. The topological polar surface area (TPSA) is 52.8 Å². The molecular formula is C8H6I2N4. The Bertz CT molecular complexity index is 407. The molecule has 2 aromatic rings. The predicted molar refractivity (Wildman–Crippen MR) is 54.5 cm³/mol. The quantitative estimate of drug-likeness (QED) is 0.401. The Morgan fingerprint density at radius 2 is 2.14 bits per heavy atom. The molecule has 2 heterocycles. The van der Waals surface area contributed by atoms with Crippen LogP contribution in [0.15, 0.2) is 31.0 Å². The van der Waals surface area contributed by atoms with E-state index in [1.807, 2.05) is 12.3 Å². The number of aromatic nitrogens is 4. The molecule has 0 unspecified atom stereocenters. The van der Waals surface area contributed by atoms with Gasteiger partial charge in [-0.25, -0.2) is 15.0 Å². The minimum absolute atomic E-state index is 0. The van der Waals surface area contributed by atoms with Crippen LogP contribution in [0.3, 0.4) is 0 Å². The summed E-state index contributed by atoms with van der Waals surface area (Å²) in [6, 6.07) is 1.83. The van der Waals surface area contributed by atoms with E-state index >= 15 is 0 Å². The summed E-state index contributed by atoms with van der Waals surface area (Å²) in [4.78, 5) is 15.2. The first kappa shape index (κ1) is 11.7. The second-order valence-electron chi connectivity index (χ2n) is 2.36. The van der Waals surface area contributed by atoms with Gasteiger partial charge in [-0.2, -0.15) is 0 Å². The van der Waals surface area contributed by atoms with Crippen LogP contribution in [-0.2, 0) is 0 Å². The van der Waals surface area contributed by atoms with Gasteiger partial charge in [0.25, 0.3) is 0 Å². The molecule has 6 heteroatoms. The van der Waals surface area contributed by atoms with Crippen molar-refractivity contribution >= 4 is 22.6 Å². The van der Waals surface area contributed by atoms with Gasteiger partial charge in [-0.05, 0) is 27.6 Å². The molecular weight excluding hydrogens is 406 g/mol. The largest absolute Gasteiger partial charge is 1.00 e. The number of H-pyrrole nitrogens is 1. The normalized spacial score (nSPS) is 9.21. The van der Waals surface area contributed by atoms with Gasteiger partial charge in [-0.15, -0.1) is 0 Å². The third kappa shape index (κ3) is 2.56. The summed E-state index contributed by atoms with van der Waals surface area (Å²) in [6.07, 6.45) is 6.82. The second kappa shape index (κ2) is 5.49. The van der Waals surface area contributed by atoms with Gasteiger partial charge in [-0.3, -0.25) is 0 Å². The van der Waals surface area contributed by atoms with E-state index in [4.69, 9.17) is 0 Å². The standard InChI is InChI=1S/C8H5IN4.HI/c9-7-6(4-10-5-13-7)8-11-2-1-3-12-8;/h1-5H;1H. The van der Waals surface area contributed by atoms with Crippen molar-refractivity contribution in [2.24, 2.45) is 0 Å². The maximum atomic E-state index is 4.17. The molecule has 0 amide bonds. The highest BCUT2D eigenvalue weighted by Crippen LogP contribution is 2.15. The molecule has 0 aromatic carbocycles.